The number of fused-ring (bicyclic) bond motifs is 1. The van der Waals surface area contributed by atoms with E-state index in [0.29, 0.717) is 19.6 Å². The number of nitrogens with one attached hydrogen (secondary N) is 1. The number of aryl methyl sites for hydroxylation is 1. The van der Waals surface area contributed by atoms with Crippen LogP contribution in [0.25, 0.3) is 10.1 Å². The maximum atomic E-state index is 10.6. The van der Waals surface area contributed by atoms with Crippen LogP contribution in [0, 0.1) is 6.92 Å². The zero-order valence-corrected chi connectivity index (χ0v) is 13.7. The number of hydrogen-bond donors (Lipinski definition) is 2. The van der Waals surface area contributed by atoms with E-state index in [9.17, 15) is 5.11 Å². The maximum Gasteiger partial charge on any atom is 0.105 e. The number of aliphatic hydroxyl groups is 1. The first-order chi connectivity index (χ1) is 10.0. The second-order valence-corrected chi connectivity index (χ2v) is 7.14. The highest BCUT2D eigenvalue weighted by Gasteiger charge is 2.39. The smallest absolute Gasteiger partial charge is 0.105 e. The van der Waals surface area contributed by atoms with Gasteiger partial charge in [0.1, 0.15) is 5.60 Å². The molecule has 1 fully saturated rings. The van der Waals surface area contributed by atoms with Crippen molar-refractivity contribution in [3.63, 3.8) is 0 Å². The third kappa shape index (κ3) is 2.73. The quantitative estimate of drug-likeness (QED) is 0.909. The van der Waals surface area contributed by atoms with Gasteiger partial charge < -0.3 is 15.2 Å². The van der Waals surface area contributed by atoms with Crippen LogP contribution in [0.2, 0.25) is 0 Å². The molecule has 2 N–H and O–H groups in total. The van der Waals surface area contributed by atoms with E-state index in [2.05, 4.69) is 43.4 Å². The van der Waals surface area contributed by atoms with E-state index in [1.807, 2.05) is 18.3 Å². The highest BCUT2D eigenvalue weighted by atomic mass is 32.1. The highest BCUT2D eigenvalue weighted by molar-refractivity contribution is 7.19. The molecule has 1 aromatic carbocycles. The molecular weight excluding hydrogens is 282 g/mol. The molecule has 0 bridgehead atoms. The van der Waals surface area contributed by atoms with E-state index in [4.69, 9.17) is 4.74 Å². The van der Waals surface area contributed by atoms with Crippen molar-refractivity contribution in [1.29, 1.82) is 0 Å². The van der Waals surface area contributed by atoms with Gasteiger partial charge in [-0.25, -0.2) is 0 Å². The molecule has 3 atom stereocenters. The minimum Gasteiger partial charge on any atom is -0.386 e. The summed E-state index contributed by atoms with van der Waals surface area (Å²) in [4.78, 5) is 1.35. The van der Waals surface area contributed by atoms with Crippen LogP contribution in [0.4, 0.5) is 0 Å². The molecule has 0 spiro atoms. The van der Waals surface area contributed by atoms with E-state index in [1.165, 1.54) is 20.5 Å². The van der Waals surface area contributed by atoms with Crippen molar-refractivity contribution in [3.05, 3.63) is 34.7 Å². The Hall–Kier alpha value is -0.940. The van der Waals surface area contributed by atoms with E-state index < -0.39 is 5.60 Å². The first-order valence-corrected chi connectivity index (χ1v) is 8.38. The van der Waals surface area contributed by atoms with Gasteiger partial charge in [0.15, 0.2) is 0 Å². The minimum absolute atomic E-state index is 0.0966. The standard InChI is InChI=1S/C17H23NO2S/c1-11-14-6-4-5-7-15(14)21-16(11)12(2)18-10-17(19)8-9-20-13(17)3/h4-7,12-13,18-19H,8-10H2,1-3H3. The zero-order chi connectivity index (χ0) is 15.0. The topological polar surface area (TPSA) is 41.5 Å². The SMILES string of the molecule is Cc1c(C(C)NCC2(O)CCOC2C)sc2ccccc12. The van der Waals surface area contributed by atoms with Crippen molar-refractivity contribution in [2.24, 2.45) is 0 Å². The second-order valence-electron chi connectivity index (χ2n) is 6.06. The van der Waals surface area contributed by atoms with Crippen LogP contribution in [0.1, 0.15) is 36.8 Å². The second kappa shape index (κ2) is 5.69. The lowest BCUT2D eigenvalue weighted by molar-refractivity contribution is -0.0273. The molecule has 114 valence electrons. The molecule has 21 heavy (non-hydrogen) atoms. The monoisotopic (exact) mass is 305 g/mol. The van der Waals surface area contributed by atoms with Gasteiger partial charge in [-0.3, -0.25) is 0 Å². The van der Waals surface area contributed by atoms with Crippen molar-refractivity contribution in [2.75, 3.05) is 13.2 Å². The summed E-state index contributed by atoms with van der Waals surface area (Å²) in [5.41, 5.74) is 0.608. The fraction of sp³-hybridized carbons (Fsp3) is 0.529. The summed E-state index contributed by atoms with van der Waals surface area (Å²) in [6, 6.07) is 8.76. The van der Waals surface area contributed by atoms with Crippen molar-refractivity contribution >= 4 is 21.4 Å². The van der Waals surface area contributed by atoms with Gasteiger partial charge in [-0.15, -0.1) is 11.3 Å². The third-order valence-electron chi connectivity index (χ3n) is 4.65. The van der Waals surface area contributed by atoms with E-state index in [1.54, 1.807) is 0 Å². The normalized spacial score (nSPS) is 27.3. The van der Waals surface area contributed by atoms with E-state index >= 15 is 0 Å². The molecular formula is C17H23NO2S. The van der Waals surface area contributed by atoms with Gasteiger partial charge in [0.25, 0.3) is 0 Å². The number of thiophene rings is 1. The Bertz CT molecular complexity index is 639. The van der Waals surface area contributed by atoms with Crippen LogP contribution in [0.15, 0.2) is 24.3 Å². The van der Waals surface area contributed by atoms with Gasteiger partial charge in [-0.1, -0.05) is 18.2 Å². The van der Waals surface area contributed by atoms with Crippen LogP contribution >= 0.6 is 11.3 Å². The number of hydrogen-bond acceptors (Lipinski definition) is 4. The Morgan fingerprint density at radius 3 is 2.90 bits per heavy atom. The van der Waals surface area contributed by atoms with Crippen LogP contribution in [0.3, 0.4) is 0 Å². The summed E-state index contributed by atoms with van der Waals surface area (Å²) in [5, 5.41) is 15.4. The first-order valence-electron chi connectivity index (χ1n) is 7.56. The number of benzene rings is 1. The molecule has 4 heteroatoms. The summed E-state index contributed by atoms with van der Waals surface area (Å²) >= 11 is 1.84. The Labute approximate surface area is 129 Å². The van der Waals surface area contributed by atoms with Crippen molar-refractivity contribution < 1.29 is 9.84 Å². The summed E-state index contributed by atoms with van der Waals surface area (Å²) < 4.78 is 6.82. The predicted octanol–water partition coefficient (Wildman–Crippen LogP) is 3.40. The third-order valence-corrected chi connectivity index (χ3v) is 6.10. The highest BCUT2D eigenvalue weighted by Crippen LogP contribution is 2.35. The number of ether oxygens (including phenoxy) is 1. The molecule has 2 aromatic rings. The van der Waals surface area contributed by atoms with Gasteiger partial charge in [0.05, 0.1) is 6.10 Å². The average Bonchev–Trinajstić information content (AvgIpc) is 2.99. The molecule has 0 aliphatic carbocycles. The fourth-order valence-corrected chi connectivity index (χ4v) is 4.27. The van der Waals surface area contributed by atoms with E-state index in [-0.39, 0.29) is 12.1 Å². The lowest BCUT2D eigenvalue weighted by atomic mass is 9.96. The van der Waals surface area contributed by atoms with Crippen LogP contribution < -0.4 is 5.32 Å². The summed E-state index contributed by atoms with van der Waals surface area (Å²) in [5.74, 6) is 0. The molecule has 2 heterocycles. The maximum absolute atomic E-state index is 10.6. The molecule has 3 nitrogen and oxygen atoms in total. The Morgan fingerprint density at radius 2 is 2.24 bits per heavy atom. The van der Waals surface area contributed by atoms with Crippen molar-refractivity contribution in [1.82, 2.24) is 5.32 Å². The lowest BCUT2D eigenvalue weighted by Crippen LogP contribution is -2.46. The minimum atomic E-state index is -0.737. The fourth-order valence-electron chi connectivity index (χ4n) is 3.03. The molecule has 1 aliphatic heterocycles. The van der Waals surface area contributed by atoms with Gasteiger partial charge >= 0.3 is 0 Å². The predicted molar refractivity (Wildman–Crippen MR) is 88.0 cm³/mol. The van der Waals surface area contributed by atoms with Gasteiger partial charge in [-0.05, 0) is 37.8 Å². The van der Waals surface area contributed by atoms with Crippen LogP contribution in [0.5, 0.6) is 0 Å². The Balaban J connectivity index is 1.75. The molecule has 3 unspecified atom stereocenters. The van der Waals surface area contributed by atoms with Gasteiger partial charge in [0.2, 0.25) is 0 Å². The molecule has 1 saturated heterocycles. The van der Waals surface area contributed by atoms with Gasteiger partial charge in [-0.2, -0.15) is 0 Å². The van der Waals surface area contributed by atoms with Crippen LogP contribution in [-0.2, 0) is 4.74 Å². The molecule has 1 aromatic heterocycles. The molecule has 1 aliphatic rings. The first kappa shape index (κ1) is 15.0. The Kier molecular flexibility index (Phi) is 4.06. The average molecular weight is 305 g/mol. The largest absolute Gasteiger partial charge is 0.386 e. The molecule has 0 saturated carbocycles. The number of rotatable bonds is 4. The van der Waals surface area contributed by atoms with Crippen LogP contribution in [-0.4, -0.2) is 30.0 Å². The summed E-state index contributed by atoms with van der Waals surface area (Å²) in [6.07, 6.45) is 0.611. The lowest BCUT2D eigenvalue weighted by Gasteiger charge is -2.28. The summed E-state index contributed by atoms with van der Waals surface area (Å²) in [6.45, 7) is 7.52. The molecule has 3 rings (SSSR count). The van der Waals surface area contributed by atoms with E-state index in [0.717, 1.165) is 0 Å². The van der Waals surface area contributed by atoms with Gasteiger partial charge in [0, 0.05) is 35.2 Å². The molecule has 0 radical (unpaired) electrons. The van der Waals surface area contributed by atoms with Crippen molar-refractivity contribution in [3.8, 4) is 0 Å². The molecule has 0 amide bonds. The summed E-state index contributed by atoms with van der Waals surface area (Å²) in [7, 11) is 0. The zero-order valence-electron chi connectivity index (χ0n) is 12.8. The van der Waals surface area contributed by atoms with Crippen molar-refractivity contribution in [2.45, 2.75) is 44.9 Å². The Morgan fingerprint density at radius 1 is 1.48 bits per heavy atom.